The number of halogens is 2. The molecule has 2 aromatic carbocycles. The molecule has 3 aliphatic carbocycles. The van der Waals surface area contributed by atoms with Crippen LogP contribution in [-0.4, -0.2) is 11.3 Å². The molecule has 0 bridgehead atoms. The molecule has 2 aromatic rings. The van der Waals surface area contributed by atoms with E-state index in [1.807, 2.05) is 0 Å². The maximum Gasteiger partial charge on any atom is 4.00 e. The van der Waals surface area contributed by atoms with Crippen LogP contribution in [0, 0.1) is 11.5 Å². The molecule has 4 heteroatoms. The van der Waals surface area contributed by atoms with Crippen LogP contribution in [0.25, 0.3) is 10.8 Å². The Labute approximate surface area is 248 Å². The first kappa shape index (κ1) is 33.2. The Hall–Kier alpha value is 0.203. The first-order chi connectivity index (χ1) is 15.4. The van der Waals surface area contributed by atoms with Crippen LogP contribution in [0.2, 0.25) is 0 Å². The quantitative estimate of drug-likeness (QED) is 0.370. The van der Waals surface area contributed by atoms with E-state index in [0.29, 0.717) is 0 Å². The number of fused-ring (bicyclic) bond motifs is 1. The Kier molecular flexibility index (Phi) is 14.2. The molecule has 0 saturated heterocycles. The first-order valence-corrected chi connectivity index (χ1v) is 14.6. The fourth-order valence-corrected chi connectivity index (χ4v) is 9.99. The molecule has 0 aliphatic heterocycles. The summed E-state index contributed by atoms with van der Waals surface area (Å²) >= 11 is 0. The van der Waals surface area contributed by atoms with E-state index in [1.54, 1.807) is 5.30 Å². The summed E-state index contributed by atoms with van der Waals surface area (Å²) in [6.45, 7) is 10.9. The summed E-state index contributed by atoms with van der Waals surface area (Å²) in [5, 5.41) is 4.67. The predicted molar refractivity (Wildman–Crippen MR) is 144 cm³/mol. The molecule has 2 saturated carbocycles. The number of allylic oxidation sites excluding steroid dienone is 4. The molecule has 190 valence electrons. The van der Waals surface area contributed by atoms with Gasteiger partial charge in [0.05, 0.1) is 0 Å². The van der Waals surface area contributed by atoms with Gasteiger partial charge in [0.2, 0.25) is 0 Å². The number of hydrogen-bond acceptors (Lipinski definition) is 0. The van der Waals surface area contributed by atoms with Gasteiger partial charge in [-0.15, -0.1) is 47.3 Å². The van der Waals surface area contributed by atoms with Gasteiger partial charge in [-0.3, -0.25) is 6.08 Å². The molecular weight excluding hydrogens is 565 g/mol. The van der Waals surface area contributed by atoms with E-state index >= 15 is 0 Å². The summed E-state index contributed by atoms with van der Waals surface area (Å²) in [7, 11) is 0.0611. The molecule has 0 N–H and O–H groups in total. The van der Waals surface area contributed by atoms with Gasteiger partial charge in [-0.25, -0.2) is 5.57 Å². The van der Waals surface area contributed by atoms with Gasteiger partial charge in [0.1, 0.15) is 0 Å². The molecule has 0 radical (unpaired) electrons. The van der Waals surface area contributed by atoms with E-state index in [0.717, 1.165) is 11.3 Å². The zero-order valence-corrected chi connectivity index (χ0v) is 27.3. The van der Waals surface area contributed by atoms with Crippen molar-refractivity contribution in [1.82, 2.24) is 0 Å². The molecule has 0 aromatic heterocycles. The van der Waals surface area contributed by atoms with Gasteiger partial charge in [0.25, 0.3) is 0 Å². The zero-order valence-electron chi connectivity index (χ0n) is 22.4. The third-order valence-electron chi connectivity index (χ3n) is 8.40. The van der Waals surface area contributed by atoms with Crippen molar-refractivity contribution in [3.63, 3.8) is 0 Å². The van der Waals surface area contributed by atoms with E-state index in [4.69, 9.17) is 0 Å². The van der Waals surface area contributed by atoms with Gasteiger partial charge in [-0.2, -0.15) is 17.2 Å². The Morgan fingerprint density at radius 2 is 1.34 bits per heavy atom. The molecule has 3 aliphatic rings. The summed E-state index contributed by atoms with van der Waals surface area (Å²) < 4.78 is 0. The number of hydrogen-bond donors (Lipinski definition) is 0. The largest absolute Gasteiger partial charge is 4.00 e. The minimum Gasteiger partial charge on any atom is -1.00 e. The Morgan fingerprint density at radius 1 is 0.829 bits per heavy atom. The monoisotopic (exact) mass is 606 g/mol. The predicted octanol–water partition coefficient (Wildman–Crippen LogP) is 3.45. The Balaban J connectivity index is 0.000000407. The van der Waals surface area contributed by atoms with Crippen molar-refractivity contribution in [3.05, 3.63) is 59.2 Å². The molecule has 5 rings (SSSR count). The van der Waals surface area contributed by atoms with Gasteiger partial charge >= 0.3 is 26.2 Å². The van der Waals surface area contributed by atoms with Crippen molar-refractivity contribution in [1.29, 1.82) is 0 Å². The molecular formula is C31H43Cl2PZr. The van der Waals surface area contributed by atoms with Crippen molar-refractivity contribution in [3.8, 4) is 0 Å². The summed E-state index contributed by atoms with van der Waals surface area (Å²) in [6.07, 6.45) is 18.3. The second-order valence-corrected chi connectivity index (χ2v) is 13.7. The number of benzene rings is 1. The Morgan fingerprint density at radius 3 is 1.74 bits per heavy atom. The minimum atomic E-state index is 0. The van der Waals surface area contributed by atoms with E-state index in [2.05, 4.69) is 77.1 Å². The molecule has 0 spiro atoms. The molecule has 2 fully saturated rings. The van der Waals surface area contributed by atoms with Crippen molar-refractivity contribution in [2.45, 2.75) is 110 Å². The van der Waals surface area contributed by atoms with Gasteiger partial charge in [0, 0.05) is 0 Å². The summed E-state index contributed by atoms with van der Waals surface area (Å²) in [4.78, 5) is 0. The summed E-state index contributed by atoms with van der Waals surface area (Å²) in [5.41, 5.74) is 6.43. The molecule has 0 unspecified atom stereocenters. The van der Waals surface area contributed by atoms with Crippen LogP contribution < -0.4 is 30.1 Å². The van der Waals surface area contributed by atoms with Crippen LogP contribution in [0.15, 0.2) is 53.1 Å². The van der Waals surface area contributed by atoms with E-state index in [9.17, 15) is 0 Å². The standard InChI is InChI=1S/C21H28P.C10H15.2ClH.Zr/c1-3-11-19(12-4-1)22(20-13-5-2-6-14-20)21-15-17-9-7-8-10-18(17)16-21;1-7-6-10(4,5)9(3)8(7)2;;;/h7-10,15-16,19-20H,1-6,11-14H2;1-5H3;2*1H;/q2*-1;;;+4/p-2. The normalized spacial score (nSPS) is 20.3. The SMILES string of the molecule is CC1=[C-]C(C)(C)C(C)=C1C.[Cl-].[Cl-].[Zr+4].c1ccc2[cH-]c(P(C3CCCCC3)C3CCCCC3)cc2c1. The average Bonchev–Trinajstić information content (AvgIpc) is 3.30. The van der Waals surface area contributed by atoms with Crippen molar-refractivity contribution >= 4 is 24.0 Å². The molecule has 35 heavy (non-hydrogen) atoms. The first-order valence-electron chi connectivity index (χ1n) is 13.1. The van der Waals surface area contributed by atoms with Gasteiger partial charge in [0.15, 0.2) is 0 Å². The molecule has 0 nitrogen and oxygen atoms in total. The topological polar surface area (TPSA) is 0 Å². The minimum absolute atomic E-state index is 0. The maximum atomic E-state index is 3.44. The second-order valence-electron chi connectivity index (χ2n) is 11.0. The zero-order chi connectivity index (χ0) is 22.7. The van der Waals surface area contributed by atoms with Crippen molar-refractivity contribution in [2.75, 3.05) is 0 Å². The molecule has 0 atom stereocenters. The summed E-state index contributed by atoms with van der Waals surface area (Å²) in [6, 6.07) is 14.1. The smallest absolute Gasteiger partial charge is 1.00 e. The van der Waals surface area contributed by atoms with Gasteiger partial charge < -0.3 is 24.8 Å². The maximum absolute atomic E-state index is 3.44. The van der Waals surface area contributed by atoms with Gasteiger partial charge in [-0.1, -0.05) is 85.6 Å². The van der Waals surface area contributed by atoms with E-state index in [1.165, 1.54) is 91.7 Å². The number of rotatable bonds is 3. The van der Waals surface area contributed by atoms with E-state index < -0.39 is 0 Å². The van der Waals surface area contributed by atoms with Gasteiger partial charge in [-0.05, 0) is 37.0 Å². The fraction of sp³-hybridized carbons (Fsp3) is 0.581. The van der Waals surface area contributed by atoms with E-state index in [-0.39, 0.29) is 64.4 Å². The fourth-order valence-electron chi connectivity index (χ4n) is 6.13. The van der Waals surface area contributed by atoms with Crippen LogP contribution in [0.4, 0.5) is 0 Å². The van der Waals surface area contributed by atoms with Crippen LogP contribution >= 0.6 is 7.92 Å². The molecule has 0 amide bonds. The Bertz CT molecular complexity index is 924. The summed E-state index contributed by atoms with van der Waals surface area (Å²) in [5.74, 6) is 0. The van der Waals surface area contributed by atoms with Crippen molar-refractivity contribution in [2.24, 2.45) is 5.41 Å². The second kappa shape index (κ2) is 15.0. The van der Waals surface area contributed by atoms with Crippen LogP contribution in [0.5, 0.6) is 0 Å². The van der Waals surface area contributed by atoms with Crippen LogP contribution in [0.3, 0.4) is 0 Å². The third kappa shape index (κ3) is 8.09. The van der Waals surface area contributed by atoms with Crippen LogP contribution in [-0.2, 0) is 26.2 Å². The third-order valence-corrected chi connectivity index (χ3v) is 11.9. The van der Waals surface area contributed by atoms with Crippen LogP contribution in [0.1, 0.15) is 98.8 Å². The average molecular weight is 609 g/mol. The molecule has 0 heterocycles. The van der Waals surface area contributed by atoms with Crippen molar-refractivity contribution < 1.29 is 51.0 Å².